The average molecular weight is 182 g/mol. The molecule has 0 aliphatic rings. The van der Waals surface area contributed by atoms with Gasteiger partial charge in [0.2, 0.25) is 0 Å². The fourth-order valence-electron chi connectivity index (χ4n) is 0.0833. The maximum Gasteiger partial charge on any atom is 0.329 e. The number of hydrogen-bond acceptors (Lipinski definition) is 2. The molecule has 0 bridgehead atoms. The van der Waals surface area contributed by atoms with Gasteiger partial charge in [-0.3, -0.25) is 0 Å². The van der Waals surface area contributed by atoms with Crippen molar-refractivity contribution in [2.45, 2.75) is 0 Å². The summed E-state index contributed by atoms with van der Waals surface area (Å²) in [5.74, 6) is -0.394. The Bertz CT molecular complexity index is 102. The molecule has 11 heavy (non-hydrogen) atoms. The molecule has 0 saturated heterocycles. The lowest BCUT2D eigenvalue weighted by Gasteiger charge is -1.88. The van der Waals surface area contributed by atoms with Crippen LogP contribution in [0.25, 0.3) is 0 Å². The first-order valence-electron chi connectivity index (χ1n) is 3.01. The number of hydrogen-bond donors (Lipinski definition) is 1. The molecule has 0 aromatic rings. The second kappa shape index (κ2) is 12.2. The molecule has 0 aliphatic heterocycles. The van der Waals surface area contributed by atoms with Gasteiger partial charge in [0.25, 0.3) is 0 Å². The quantitative estimate of drug-likeness (QED) is 0.332. The van der Waals surface area contributed by atoms with Crippen molar-refractivity contribution in [3.63, 3.8) is 0 Å². The van der Waals surface area contributed by atoms with Crippen molar-refractivity contribution >= 4 is 5.97 Å². The molecule has 3 nitrogen and oxygen atoms in total. The van der Waals surface area contributed by atoms with E-state index < -0.39 is 5.97 Å². The number of ether oxygens (including phenoxy) is 1. The van der Waals surface area contributed by atoms with Crippen LogP contribution in [0.4, 0.5) is 0 Å². The minimum atomic E-state index is -0.394. The molecule has 4 heteroatoms. The monoisotopic (exact) mass is 181 g/mol. The Morgan fingerprint density at radius 2 is 1.73 bits per heavy atom. The van der Waals surface area contributed by atoms with Crippen molar-refractivity contribution < 1.29 is 26.8 Å². The highest BCUT2D eigenvalue weighted by molar-refractivity contribution is 5.80. The lowest BCUT2D eigenvalue weighted by Crippen LogP contribution is -3.02. The summed E-state index contributed by atoms with van der Waals surface area (Å²) >= 11 is 0. The van der Waals surface area contributed by atoms with Gasteiger partial charge in [0, 0.05) is 6.08 Å². The summed E-state index contributed by atoms with van der Waals surface area (Å²) in [5, 5.41) is 0. The summed E-state index contributed by atoms with van der Waals surface area (Å²) in [4.78, 5) is 11.3. The molecule has 0 unspecified atom stereocenters. The molecule has 0 spiro atoms. The molecule has 0 aliphatic carbocycles. The SMILES string of the molecule is C=CC(=O)OC.C[NH+](C)C.[Cl-]. The highest BCUT2D eigenvalue weighted by Crippen LogP contribution is 1.67. The molecular weight excluding hydrogens is 166 g/mol. The van der Waals surface area contributed by atoms with E-state index in [0.29, 0.717) is 0 Å². The highest BCUT2D eigenvalue weighted by atomic mass is 35.5. The minimum Gasteiger partial charge on any atom is -1.00 e. The first kappa shape index (κ1) is 16.8. The van der Waals surface area contributed by atoms with Crippen LogP contribution in [0.1, 0.15) is 0 Å². The van der Waals surface area contributed by atoms with Gasteiger partial charge in [0.1, 0.15) is 0 Å². The molecule has 0 fully saturated rings. The van der Waals surface area contributed by atoms with Crippen LogP contribution >= 0.6 is 0 Å². The van der Waals surface area contributed by atoms with Gasteiger partial charge in [-0.2, -0.15) is 0 Å². The van der Waals surface area contributed by atoms with Crippen LogP contribution in [0.15, 0.2) is 12.7 Å². The summed E-state index contributed by atoms with van der Waals surface area (Å²) in [6.07, 6.45) is 1.11. The van der Waals surface area contributed by atoms with E-state index in [2.05, 4.69) is 32.5 Å². The van der Waals surface area contributed by atoms with Crippen molar-refractivity contribution in [1.82, 2.24) is 0 Å². The highest BCUT2D eigenvalue weighted by Gasteiger charge is 1.81. The predicted octanol–water partition coefficient (Wildman–Crippen LogP) is -3.89. The number of carbonyl (C=O) groups excluding carboxylic acids is 1. The molecule has 0 aromatic carbocycles. The van der Waals surface area contributed by atoms with E-state index in [-0.39, 0.29) is 12.4 Å². The van der Waals surface area contributed by atoms with Gasteiger partial charge in [-0.1, -0.05) is 6.58 Å². The van der Waals surface area contributed by atoms with Crippen molar-refractivity contribution in [3.8, 4) is 0 Å². The Morgan fingerprint density at radius 3 is 1.73 bits per heavy atom. The summed E-state index contributed by atoms with van der Waals surface area (Å²) in [6.45, 7) is 3.16. The van der Waals surface area contributed by atoms with Crippen LogP contribution in [0.5, 0.6) is 0 Å². The predicted molar refractivity (Wildman–Crippen MR) is 40.9 cm³/mol. The van der Waals surface area contributed by atoms with Crippen LogP contribution in [-0.2, 0) is 9.53 Å². The Balaban J connectivity index is -0.000000114. The second-order valence-corrected chi connectivity index (χ2v) is 2.23. The van der Waals surface area contributed by atoms with Gasteiger partial charge in [-0.25, -0.2) is 4.79 Å². The van der Waals surface area contributed by atoms with E-state index in [4.69, 9.17) is 0 Å². The largest absolute Gasteiger partial charge is 1.00 e. The van der Waals surface area contributed by atoms with Gasteiger partial charge in [0.15, 0.2) is 0 Å². The summed E-state index contributed by atoms with van der Waals surface area (Å²) in [5.41, 5.74) is 0. The number of esters is 1. The maximum absolute atomic E-state index is 9.84. The van der Waals surface area contributed by atoms with Crippen molar-refractivity contribution in [1.29, 1.82) is 0 Å². The molecule has 1 N–H and O–H groups in total. The Kier molecular flexibility index (Phi) is 18.6. The number of halogens is 1. The zero-order valence-electron chi connectivity index (χ0n) is 7.48. The van der Waals surface area contributed by atoms with Crippen molar-refractivity contribution in [2.24, 2.45) is 0 Å². The van der Waals surface area contributed by atoms with Crippen LogP contribution in [0, 0.1) is 0 Å². The van der Waals surface area contributed by atoms with Gasteiger partial charge in [0.05, 0.1) is 28.3 Å². The fourth-order valence-corrected chi connectivity index (χ4v) is 0.0833. The number of rotatable bonds is 1. The molecule has 0 amide bonds. The Labute approximate surface area is 74.4 Å². The zero-order chi connectivity index (χ0) is 8.57. The number of carbonyl (C=O) groups is 1. The van der Waals surface area contributed by atoms with Crippen LogP contribution in [-0.4, -0.2) is 34.2 Å². The first-order chi connectivity index (χ1) is 4.54. The number of nitrogens with one attached hydrogen (secondary N) is 1. The third kappa shape index (κ3) is 44.0. The average Bonchev–Trinajstić information content (AvgIpc) is 1.85. The number of methoxy groups -OCH3 is 1. The minimum absolute atomic E-state index is 0. The van der Waals surface area contributed by atoms with Crippen LogP contribution in [0.3, 0.4) is 0 Å². The molecule has 68 valence electrons. The number of quaternary nitrogens is 1. The van der Waals surface area contributed by atoms with E-state index in [1.807, 2.05) is 0 Å². The molecule has 0 atom stereocenters. The Morgan fingerprint density at radius 1 is 1.45 bits per heavy atom. The molecule has 0 radical (unpaired) electrons. The molecular formula is C7H16ClNO2. The topological polar surface area (TPSA) is 30.7 Å². The zero-order valence-corrected chi connectivity index (χ0v) is 8.23. The third-order valence-electron chi connectivity index (χ3n) is 0.368. The molecule has 0 heterocycles. The summed E-state index contributed by atoms with van der Waals surface area (Å²) in [6, 6.07) is 0. The van der Waals surface area contributed by atoms with E-state index in [1.165, 1.54) is 12.0 Å². The normalized spacial score (nSPS) is 7.00. The van der Waals surface area contributed by atoms with Crippen LogP contribution < -0.4 is 17.3 Å². The maximum atomic E-state index is 9.84. The van der Waals surface area contributed by atoms with Gasteiger partial charge in [-0.05, 0) is 0 Å². The van der Waals surface area contributed by atoms with E-state index in [9.17, 15) is 4.79 Å². The van der Waals surface area contributed by atoms with E-state index in [0.717, 1.165) is 6.08 Å². The fraction of sp³-hybridized carbons (Fsp3) is 0.571. The van der Waals surface area contributed by atoms with Gasteiger partial charge >= 0.3 is 5.97 Å². The van der Waals surface area contributed by atoms with Crippen LogP contribution in [0.2, 0.25) is 0 Å². The standard InChI is InChI=1S/C4H6O2.C3H9N.ClH/c1-3-4(5)6-2;1-4(2)3;/h3H,1H2,2H3;1-3H3;1H. The molecule has 0 aromatic heterocycles. The Hall–Kier alpha value is -0.540. The third-order valence-corrected chi connectivity index (χ3v) is 0.368. The first-order valence-corrected chi connectivity index (χ1v) is 3.01. The van der Waals surface area contributed by atoms with Crippen molar-refractivity contribution in [2.75, 3.05) is 28.3 Å². The molecule has 0 saturated carbocycles. The second-order valence-electron chi connectivity index (χ2n) is 2.23. The van der Waals surface area contributed by atoms with Crippen molar-refractivity contribution in [3.05, 3.63) is 12.7 Å². The van der Waals surface area contributed by atoms with E-state index in [1.54, 1.807) is 0 Å². The van der Waals surface area contributed by atoms with Gasteiger partial charge < -0.3 is 22.0 Å². The van der Waals surface area contributed by atoms with E-state index >= 15 is 0 Å². The lowest BCUT2D eigenvalue weighted by atomic mass is 10.7. The summed E-state index contributed by atoms with van der Waals surface area (Å²) < 4.78 is 4.14. The smallest absolute Gasteiger partial charge is 0.329 e. The summed E-state index contributed by atoms with van der Waals surface area (Å²) in [7, 11) is 7.56. The lowest BCUT2D eigenvalue weighted by molar-refractivity contribution is -0.836. The molecule has 0 rings (SSSR count). The van der Waals surface area contributed by atoms with Gasteiger partial charge in [-0.15, -0.1) is 0 Å².